The number of nitrogens with zero attached hydrogens (tertiary/aromatic N) is 3. The van der Waals surface area contributed by atoms with E-state index in [0.29, 0.717) is 5.56 Å². The Kier molecular flexibility index (Phi) is 3.62. The molecule has 0 aliphatic carbocycles. The van der Waals surface area contributed by atoms with Crippen LogP contribution in [0.4, 0.5) is 0 Å². The molecule has 2 aromatic rings. The van der Waals surface area contributed by atoms with E-state index in [9.17, 15) is 9.59 Å². The Hall–Kier alpha value is -2.61. The SMILES string of the molecule is O=C(O)c1ccccc1/C=N/n1c(=O)cn[nH]c1=S. The maximum atomic E-state index is 11.5. The Morgan fingerprint density at radius 3 is 2.89 bits per heavy atom. The lowest BCUT2D eigenvalue weighted by Crippen LogP contribution is -2.18. The van der Waals surface area contributed by atoms with Crippen LogP contribution in [0.3, 0.4) is 0 Å². The Balaban J connectivity index is 2.47. The van der Waals surface area contributed by atoms with Gasteiger partial charge in [0.2, 0.25) is 4.77 Å². The van der Waals surface area contributed by atoms with E-state index in [1.165, 1.54) is 12.3 Å². The number of nitrogens with one attached hydrogen (secondary N) is 1. The molecule has 2 N–H and O–H groups in total. The average molecular weight is 276 g/mol. The van der Waals surface area contributed by atoms with E-state index in [-0.39, 0.29) is 10.3 Å². The molecule has 0 saturated heterocycles. The van der Waals surface area contributed by atoms with E-state index in [1.807, 2.05) is 0 Å². The van der Waals surface area contributed by atoms with Crippen LogP contribution >= 0.6 is 12.2 Å². The maximum Gasteiger partial charge on any atom is 0.336 e. The smallest absolute Gasteiger partial charge is 0.336 e. The zero-order valence-corrected chi connectivity index (χ0v) is 10.3. The third-order valence-electron chi connectivity index (χ3n) is 2.24. The monoisotopic (exact) mass is 276 g/mol. The second kappa shape index (κ2) is 5.36. The molecule has 0 unspecified atom stereocenters. The van der Waals surface area contributed by atoms with E-state index in [0.717, 1.165) is 10.9 Å². The van der Waals surface area contributed by atoms with Crippen molar-refractivity contribution in [2.24, 2.45) is 5.10 Å². The van der Waals surface area contributed by atoms with Gasteiger partial charge in [0, 0.05) is 5.56 Å². The molecule has 0 atom stereocenters. The Morgan fingerprint density at radius 1 is 1.47 bits per heavy atom. The van der Waals surface area contributed by atoms with Crippen LogP contribution in [0, 0.1) is 4.77 Å². The van der Waals surface area contributed by atoms with Gasteiger partial charge in [0.15, 0.2) is 0 Å². The normalized spacial score (nSPS) is 10.7. The van der Waals surface area contributed by atoms with E-state index in [1.54, 1.807) is 18.2 Å². The first kappa shape index (κ1) is 12.8. The molecule has 0 amide bonds. The highest BCUT2D eigenvalue weighted by atomic mass is 32.1. The van der Waals surface area contributed by atoms with Gasteiger partial charge in [-0.1, -0.05) is 18.2 Å². The summed E-state index contributed by atoms with van der Waals surface area (Å²) >= 11 is 4.85. The van der Waals surface area contributed by atoms with Crippen LogP contribution in [-0.4, -0.2) is 32.2 Å². The predicted molar refractivity (Wildman–Crippen MR) is 70.1 cm³/mol. The third kappa shape index (κ3) is 2.80. The molecule has 1 aromatic carbocycles. The summed E-state index contributed by atoms with van der Waals surface area (Å²) in [5.41, 5.74) is -0.0517. The molecule has 0 radical (unpaired) electrons. The lowest BCUT2D eigenvalue weighted by atomic mass is 10.1. The second-order valence-corrected chi connectivity index (χ2v) is 3.85. The van der Waals surface area contributed by atoms with Crippen molar-refractivity contribution in [1.29, 1.82) is 0 Å². The van der Waals surface area contributed by atoms with Crippen molar-refractivity contribution < 1.29 is 9.90 Å². The van der Waals surface area contributed by atoms with Gasteiger partial charge in [-0.3, -0.25) is 9.89 Å². The summed E-state index contributed by atoms with van der Waals surface area (Å²) in [5.74, 6) is -1.07. The highest BCUT2D eigenvalue weighted by Crippen LogP contribution is 2.05. The number of aromatic nitrogens is 3. The number of aromatic amines is 1. The molecule has 0 aliphatic rings. The standard InChI is InChI=1S/C11H8N4O3S/c16-9-6-12-14-11(19)15(9)13-5-7-3-1-2-4-8(7)10(17)18/h1-6H,(H,14,19)(H,17,18)/b13-5+. The summed E-state index contributed by atoms with van der Waals surface area (Å²) in [6, 6.07) is 6.29. The molecule has 2 rings (SSSR count). The molecule has 7 nitrogen and oxygen atoms in total. The topological polar surface area (TPSA) is 100 Å². The van der Waals surface area contributed by atoms with Crippen molar-refractivity contribution in [2.75, 3.05) is 0 Å². The molecule has 0 spiro atoms. The summed E-state index contributed by atoms with van der Waals surface area (Å²) in [6.07, 6.45) is 2.28. The van der Waals surface area contributed by atoms with E-state index >= 15 is 0 Å². The van der Waals surface area contributed by atoms with Crippen LogP contribution in [0.5, 0.6) is 0 Å². The fourth-order valence-electron chi connectivity index (χ4n) is 1.38. The van der Waals surface area contributed by atoms with Crippen molar-refractivity contribution in [3.8, 4) is 0 Å². The number of H-pyrrole nitrogens is 1. The molecule has 0 bridgehead atoms. The van der Waals surface area contributed by atoms with Crippen LogP contribution in [-0.2, 0) is 0 Å². The van der Waals surface area contributed by atoms with Crippen LogP contribution in [0.25, 0.3) is 0 Å². The zero-order valence-electron chi connectivity index (χ0n) is 9.48. The lowest BCUT2D eigenvalue weighted by Gasteiger charge is -2.00. The number of aromatic carboxylic acids is 1. The third-order valence-corrected chi connectivity index (χ3v) is 2.50. The second-order valence-electron chi connectivity index (χ2n) is 3.46. The molecule has 19 heavy (non-hydrogen) atoms. The van der Waals surface area contributed by atoms with E-state index < -0.39 is 11.5 Å². The number of benzene rings is 1. The van der Waals surface area contributed by atoms with Crippen molar-refractivity contribution in [3.63, 3.8) is 0 Å². The fraction of sp³-hybridized carbons (Fsp3) is 0. The van der Waals surface area contributed by atoms with Gasteiger partial charge in [0.05, 0.1) is 11.8 Å². The van der Waals surface area contributed by atoms with Crippen molar-refractivity contribution in [2.45, 2.75) is 0 Å². The number of carbonyl (C=O) groups is 1. The first-order valence-electron chi connectivity index (χ1n) is 5.13. The average Bonchev–Trinajstić information content (AvgIpc) is 2.38. The summed E-state index contributed by atoms with van der Waals surface area (Å²) in [4.78, 5) is 22.5. The molecule has 0 saturated carbocycles. The summed E-state index contributed by atoms with van der Waals surface area (Å²) < 4.78 is 0.942. The number of hydrogen-bond donors (Lipinski definition) is 2. The first-order chi connectivity index (χ1) is 9.09. The summed E-state index contributed by atoms with van der Waals surface area (Å²) in [5, 5.41) is 18.8. The fourth-order valence-corrected chi connectivity index (χ4v) is 1.57. The van der Waals surface area contributed by atoms with E-state index in [2.05, 4.69) is 15.3 Å². The zero-order chi connectivity index (χ0) is 13.8. The molecule has 0 fully saturated rings. The highest BCUT2D eigenvalue weighted by molar-refractivity contribution is 7.71. The van der Waals surface area contributed by atoms with Gasteiger partial charge >= 0.3 is 5.97 Å². The van der Waals surface area contributed by atoms with Gasteiger partial charge in [0.1, 0.15) is 6.20 Å². The summed E-state index contributed by atoms with van der Waals surface area (Å²) in [6.45, 7) is 0. The number of carboxylic acids is 1. The first-order valence-corrected chi connectivity index (χ1v) is 5.54. The quantitative estimate of drug-likeness (QED) is 0.640. The minimum absolute atomic E-state index is 0.0246. The Bertz CT molecular complexity index is 735. The van der Waals surface area contributed by atoms with Crippen molar-refractivity contribution >= 4 is 24.4 Å². The molecule has 1 aromatic heterocycles. The maximum absolute atomic E-state index is 11.5. The minimum Gasteiger partial charge on any atom is -0.478 e. The van der Waals surface area contributed by atoms with Crippen molar-refractivity contribution in [3.05, 3.63) is 56.7 Å². The van der Waals surface area contributed by atoms with Gasteiger partial charge in [-0.25, -0.2) is 4.79 Å². The molecule has 0 aliphatic heterocycles. The van der Waals surface area contributed by atoms with Crippen molar-refractivity contribution in [1.82, 2.24) is 14.9 Å². The molecular weight excluding hydrogens is 268 g/mol. The molecule has 8 heteroatoms. The van der Waals surface area contributed by atoms with Crippen LogP contribution in [0.1, 0.15) is 15.9 Å². The molecule has 96 valence electrons. The lowest BCUT2D eigenvalue weighted by molar-refractivity contribution is 0.0697. The minimum atomic E-state index is -1.07. The number of carboxylic acid groups (broad SMARTS) is 1. The Morgan fingerprint density at radius 2 is 2.21 bits per heavy atom. The summed E-state index contributed by atoms with van der Waals surface area (Å²) in [7, 11) is 0. The van der Waals surface area contributed by atoms with Gasteiger partial charge in [-0.2, -0.15) is 14.9 Å². The van der Waals surface area contributed by atoms with Crippen LogP contribution < -0.4 is 5.56 Å². The molecular formula is C11H8N4O3S. The Labute approximate surface area is 111 Å². The predicted octanol–water partition coefficient (Wildman–Crippen LogP) is 0.881. The van der Waals surface area contributed by atoms with Gasteiger partial charge in [-0.05, 0) is 18.3 Å². The van der Waals surface area contributed by atoms with Gasteiger partial charge < -0.3 is 5.11 Å². The van der Waals surface area contributed by atoms with Gasteiger partial charge in [0.25, 0.3) is 5.56 Å². The van der Waals surface area contributed by atoms with Crippen LogP contribution in [0.2, 0.25) is 0 Å². The molecule has 1 heterocycles. The number of hydrogen-bond acceptors (Lipinski definition) is 5. The number of rotatable bonds is 3. The van der Waals surface area contributed by atoms with Crippen LogP contribution in [0.15, 0.2) is 40.4 Å². The van der Waals surface area contributed by atoms with E-state index in [4.69, 9.17) is 17.3 Å². The highest BCUT2D eigenvalue weighted by Gasteiger charge is 2.06. The van der Waals surface area contributed by atoms with Gasteiger partial charge in [-0.15, -0.1) is 0 Å². The largest absolute Gasteiger partial charge is 0.478 e.